The number of fused-ring (bicyclic) bond motifs is 1. The van der Waals surface area contributed by atoms with Crippen molar-refractivity contribution in [1.29, 1.82) is 0 Å². The van der Waals surface area contributed by atoms with Crippen LogP contribution in [0.3, 0.4) is 0 Å². The number of carbonyl (C=O) groups is 1. The maximum Gasteiger partial charge on any atom is 0.259 e. The highest BCUT2D eigenvalue weighted by Gasteiger charge is 2.28. The van der Waals surface area contributed by atoms with Crippen LogP contribution in [-0.4, -0.2) is 54.3 Å². The summed E-state index contributed by atoms with van der Waals surface area (Å²) in [6.07, 6.45) is 7.35. The summed E-state index contributed by atoms with van der Waals surface area (Å²) in [5, 5.41) is 0.272. The van der Waals surface area contributed by atoms with Gasteiger partial charge in [0.25, 0.3) is 5.91 Å². The van der Waals surface area contributed by atoms with Crippen LogP contribution in [0.2, 0.25) is 0 Å². The number of nitrogens with zero attached hydrogens (tertiary/aromatic N) is 3. The Balaban J connectivity index is 1.79. The standard InChI is InChI=1S/C21H27N3O4S/c1-22-15-18(21(26)23-10-4-2-3-5-11-23)20(25)17-14-16(8-9-19(17)22)29(27,28)24-12-6-7-13-24/h8-9,14-15H,2-7,10-13H2,1H3. The van der Waals surface area contributed by atoms with Crippen molar-refractivity contribution < 1.29 is 13.2 Å². The zero-order chi connectivity index (χ0) is 20.6. The lowest BCUT2D eigenvalue weighted by Gasteiger charge is -2.21. The molecule has 0 bridgehead atoms. The van der Waals surface area contributed by atoms with E-state index in [9.17, 15) is 18.0 Å². The van der Waals surface area contributed by atoms with Crippen LogP contribution in [0.1, 0.15) is 48.9 Å². The first-order valence-corrected chi connectivity index (χ1v) is 11.8. The van der Waals surface area contributed by atoms with Gasteiger partial charge in [-0.05, 0) is 43.9 Å². The fourth-order valence-corrected chi connectivity index (χ4v) is 5.85. The van der Waals surface area contributed by atoms with Crippen LogP contribution in [0.15, 0.2) is 34.1 Å². The van der Waals surface area contributed by atoms with Gasteiger partial charge in [0.15, 0.2) is 0 Å². The molecule has 8 heteroatoms. The van der Waals surface area contributed by atoms with Crippen molar-refractivity contribution >= 4 is 26.8 Å². The molecule has 0 saturated carbocycles. The lowest BCUT2D eigenvalue weighted by Crippen LogP contribution is -2.35. The fourth-order valence-electron chi connectivity index (χ4n) is 4.31. The molecule has 0 atom stereocenters. The molecule has 2 saturated heterocycles. The van der Waals surface area contributed by atoms with Crippen molar-refractivity contribution in [3.8, 4) is 0 Å². The van der Waals surface area contributed by atoms with E-state index in [0.29, 0.717) is 31.7 Å². The minimum Gasteiger partial charge on any atom is -0.350 e. The highest BCUT2D eigenvalue weighted by atomic mass is 32.2. The number of likely N-dealkylation sites (tertiary alicyclic amines) is 1. The summed E-state index contributed by atoms with van der Waals surface area (Å²) in [4.78, 5) is 28.1. The summed E-state index contributed by atoms with van der Waals surface area (Å²) in [6.45, 7) is 2.32. The van der Waals surface area contributed by atoms with Gasteiger partial charge in [0.2, 0.25) is 15.5 Å². The maximum atomic E-state index is 13.2. The van der Waals surface area contributed by atoms with E-state index in [0.717, 1.165) is 38.5 Å². The minimum absolute atomic E-state index is 0.109. The Morgan fingerprint density at radius 2 is 1.55 bits per heavy atom. The van der Waals surface area contributed by atoms with E-state index >= 15 is 0 Å². The second-order valence-corrected chi connectivity index (χ2v) is 9.92. The topological polar surface area (TPSA) is 79.7 Å². The predicted octanol–water partition coefficient (Wildman–Crippen LogP) is 2.34. The van der Waals surface area contributed by atoms with Crippen LogP contribution in [0, 0.1) is 0 Å². The molecule has 0 aliphatic carbocycles. The molecule has 156 valence electrons. The van der Waals surface area contributed by atoms with Gasteiger partial charge in [0.05, 0.1) is 10.4 Å². The molecular formula is C21H27N3O4S. The fraction of sp³-hybridized carbons (Fsp3) is 0.524. The third-order valence-electron chi connectivity index (χ3n) is 5.99. The molecule has 2 fully saturated rings. The SMILES string of the molecule is Cn1cc(C(=O)N2CCCCCC2)c(=O)c2cc(S(=O)(=O)N3CCCC3)ccc21. The molecular weight excluding hydrogens is 390 g/mol. The van der Waals surface area contributed by atoms with E-state index < -0.39 is 15.5 Å². The highest BCUT2D eigenvalue weighted by molar-refractivity contribution is 7.89. The number of benzene rings is 1. The zero-order valence-electron chi connectivity index (χ0n) is 16.8. The van der Waals surface area contributed by atoms with Gasteiger partial charge >= 0.3 is 0 Å². The molecule has 4 rings (SSSR count). The molecule has 1 aromatic carbocycles. The Morgan fingerprint density at radius 3 is 2.21 bits per heavy atom. The van der Waals surface area contributed by atoms with E-state index in [1.165, 1.54) is 10.4 Å². The molecule has 7 nitrogen and oxygen atoms in total. The summed E-state index contributed by atoms with van der Waals surface area (Å²) in [5.74, 6) is -0.262. The van der Waals surface area contributed by atoms with E-state index in [1.54, 1.807) is 34.8 Å². The monoisotopic (exact) mass is 417 g/mol. The summed E-state index contributed by atoms with van der Waals surface area (Å²) in [5.41, 5.74) is 0.325. The summed E-state index contributed by atoms with van der Waals surface area (Å²) in [6, 6.07) is 4.64. The highest BCUT2D eigenvalue weighted by Crippen LogP contribution is 2.24. The molecule has 0 N–H and O–H groups in total. The Bertz CT molecular complexity index is 1090. The molecule has 2 aliphatic heterocycles. The number of sulfonamides is 1. The van der Waals surface area contributed by atoms with Gasteiger partial charge in [-0.2, -0.15) is 4.31 Å². The Kier molecular flexibility index (Phi) is 5.48. The number of aromatic nitrogens is 1. The number of rotatable bonds is 3. The normalized spacial score (nSPS) is 18.9. The number of aryl methyl sites for hydroxylation is 1. The first-order valence-electron chi connectivity index (χ1n) is 10.3. The lowest BCUT2D eigenvalue weighted by atomic mass is 10.1. The van der Waals surface area contributed by atoms with Crippen LogP contribution in [0.25, 0.3) is 10.9 Å². The number of hydrogen-bond acceptors (Lipinski definition) is 4. The first-order chi connectivity index (χ1) is 13.9. The lowest BCUT2D eigenvalue weighted by molar-refractivity contribution is 0.0760. The van der Waals surface area contributed by atoms with E-state index in [4.69, 9.17) is 0 Å². The summed E-state index contributed by atoms with van der Waals surface area (Å²) in [7, 11) is -1.85. The van der Waals surface area contributed by atoms with E-state index in [2.05, 4.69) is 0 Å². The number of carbonyl (C=O) groups excluding carboxylic acids is 1. The van der Waals surface area contributed by atoms with Gasteiger partial charge < -0.3 is 9.47 Å². The maximum absolute atomic E-state index is 13.2. The third-order valence-corrected chi connectivity index (χ3v) is 7.88. The molecule has 2 aliphatic rings. The molecule has 29 heavy (non-hydrogen) atoms. The van der Waals surface area contributed by atoms with Gasteiger partial charge in [-0.3, -0.25) is 9.59 Å². The summed E-state index contributed by atoms with van der Waals surface area (Å²) < 4.78 is 29.0. The van der Waals surface area contributed by atoms with Crippen molar-refractivity contribution in [2.45, 2.75) is 43.4 Å². The van der Waals surface area contributed by atoms with Crippen LogP contribution >= 0.6 is 0 Å². The Hall–Kier alpha value is -2.19. The molecule has 0 spiro atoms. The van der Waals surface area contributed by atoms with Crippen LogP contribution in [0.5, 0.6) is 0 Å². The van der Waals surface area contributed by atoms with Crippen LogP contribution in [-0.2, 0) is 17.1 Å². The zero-order valence-corrected chi connectivity index (χ0v) is 17.6. The molecule has 1 amide bonds. The van der Waals surface area contributed by atoms with Gasteiger partial charge in [-0.15, -0.1) is 0 Å². The van der Waals surface area contributed by atoms with E-state index in [1.807, 2.05) is 0 Å². The molecule has 3 heterocycles. The molecule has 2 aromatic rings. The van der Waals surface area contributed by atoms with Crippen molar-refractivity contribution in [3.63, 3.8) is 0 Å². The third kappa shape index (κ3) is 3.71. The quantitative estimate of drug-likeness (QED) is 0.768. The van der Waals surface area contributed by atoms with Gasteiger partial charge in [0, 0.05) is 44.8 Å². The molecule has 1 aromatic heterocycles. The van der Waals surface area contributed by atoms with Crippen molar-refractivity contribution in [3.05, 3.63) is 40.2 Å². The average molecular weight is 418 g/mol. The van der Waals surface area contributed by atoms with Crippen LogP contribution in [0.4, 0.5) is 0 Å². The Labute approximate surface area is 171 Å². The van der Waals surface area contributed by atoms with E-state index in [-0.39, 0.29) is 21.8 Å². The molecule has 0 radical (unpaired) electrons. The van der Waals surface area contributed by atoms with Crippen molar-refractivity contribution in [2.75, 3.05) is 26.2 Å². The average Bonchev–Trinajstić information content (AvgIpc) is 3.14. The van der Waals surface area contributed by atoms with Gasteiger partial charge in [-0.1, -0.05) is 12.8 Å². The predicted molar refractivity (Wildman–Crippen MR) is 112 cm³/mol. The summed E-state index contributed by atoms with van der Waals surface area (Å²) >= 11 is 0. The number of amides is 1. The van der Waals surface area contributed by atoms with Crippen LogP contribution < -0.4 is 5.43 Å². The second-order valence-electron chi connectivity index (χ2n) is 7.98. The largest absolute Gasteiger partial charge is 0.350 e. The van der Waals surface area contributed by atoms with Crippen molar-refractivity contribution in [1.82, 2.24) is 13.8 Å². The first kappa shape index (κ1) is 20.1. The van der Waals surface area contributed by atoms with Gasteiger partial charge in [-0.25, -0.2) is 8.42 Å². The van der Waals surface area contributed by atoms with Gasteiger partial charge in [0.1, 0.15) is 5.56 Å². The smallest absolute Gasteiger partial charge is 0.259 e. The number of hydrogen-bond donors (Lipinski definition) is 0. The minimum atomic E-state index is -3.63. The molecule has 0 unspecified atom stereocenters. The Morgan fingerprint density at radius 1 is 0.931 bits per heavy atom. The second kappa shape index (κ2) is 7.91. The van der Waals surface area contributed by atoms with Crippen molar-refractivity contribution in [2.24, 2.45) is 7.05 Å². The number of pyridine rings is 1.